The van der Waals surface area contributed by atoms with Gasteiger partial charge in [-0.2, -0.15) is 5.26 Å². The van der Waals surface area contributed by atoms with E-state index in [0.717, 1.165) is 12.8 Å². The fourth-order valence-electron chi connectivity index (χ4n) is 0.866. The number of nitrogens with zero attached hydrogens (tertiary/aromatic N) is 1. The number of unbranched alkanes of at least 4 members (excludes halogenated alkanes) is 1. The summed E-state index contributed by atoms with van der Waals surface area (Å²) in [4.78, 5) is 10.4. The lowest BCUT2D eigenvalue weighted by Gasteiger charge is -2.19. The highest BCUT2D eigenvalue weighted by atomic mass is 16.6. The predicted octanol–water partition coefficient (Wildman–Crippen LogP) is 1.55. The van der Waals surface area contributed by atoms with Crippen LogP contribution in [0.1, 0.15) is 33.1 Å². The van der Waals surface area contributed by atoms with Gasteiger partial charge in [-0.1, -0.05) is 13.3 Å². The average molecular weight is 170 g/mol. The molecule has 0 saturated heterocycles. The van der Waals surface area contributed by atoms with Crippen LogP contribution in [0.5, 0.6) is 0 Å². The number of carbonyl (C=O) groups is 1. The van der Waals surface area contributed by atoms with E-state index in [0.29, 0.717) is 6.42 Å². The van der Waals surface area contributed by atoms with Crippen molar-refractivity contribution in [1.29, 1.82) is 5.26 Å². The smallest absolute Gasteiger partial charge is 0.406 e. The van der Waals surface area contributed by atoms with Crippen LogP contribution in [0.25, 0.3) is 0 Å². The summed E-state index contributed by atoms with van der Waals surface area (Å²) in [5, 5.41) is 8.68. The second-order valence-electron chi connectivity index (χ2n) is 2.87. The topological polar surface area (TPSA) is 76.1 Å². The molecule has 2 N–H and O–H groups in total. The van der Waals surface area contributed by atoms with Gasteiger partial charge in [0.05, 0.1) is 0 Å². The van der Waals surface area contributed by atoms with Crippen molar-refractivity contribution in [2.24, 2.45) is 5.73 Å². The van der Waals surface area contributed by atoms with E-state index in [4.69, 9.17) is 11.0 Å². The van der Waals surface area contributed by atoms with Crippen LogP contribution in [0, 0.1) is 11.3 Å². The van der Waals surface area contributed by atoms with Gasteiger partial charge in [0.15, 0.2) is 5.60 Å². The molecule has 4 nitrogen and oxygen atoms in total. The number of hydrogen-bond donors (Lipinski definition) is 1. The number of nitriles is 1. The first-order valence-electron chi connectivity index (χ1n) is 3.94. The Morgan fingerprint density at radius 2 is 2.33 bits per heavy atom. The van der Waals surface area contributed by atoms with Crippen LogP contribution in [0.15, 0.2) is 0 Å². The van der Waals surface area contributed by atoms with E-state index < -0.39 is 11.7 Å². The molecule has 0 rings (SSSR count). The first-order valence-corrected chi connectivity index (χ1v) is 3.94. The number of nitrogens with two attached hydrogens (primary N) is 1. The lowest BCUT2D eigenvalue weighted by Crippen LogP contribution is -2.32. The van der Waals surface area contributed by atoms with Crippen molar-refractivity contribution in [3.63, 3.8) is 0 Å². The van der Waals surface area contributed by atoms with Gasteiger partial charge in [-0.15, -0.1) is 0 Å². The molecule has 0 aliphatic carbocycles. The molecule has 0 spiro atoms. The van der Waals surface area contributed by atoms with E-state index >= 15 is 0 Å². The third-order valence-corrected chi connectivity index (χ3v) is 1.57. The fraction of sp³-hybridized carbons (Fsp3) is 0.750. The number of rotatable bonds is 4. The largest absolute Gasteiger partial charge is 0.428 e. The third kappa shape index (κ3) is 3.81. The summed E-state index contributed by atoms with van der Waals surface area (Å²) in [6.45, 7) is 3.56. The highest BCUT2D eigenvalue weighted by Crippen LogP contribution is 2.17. The summed E-state index contributed by atoms with van der Waals surface area (Å²) in [5.41, 5.74) is 3.76. The number of amides is 1. The zero-order chi connectivity index (χ0) is 9.61. The molecule has 0 bridgehead atoms. The summed E-state index contributed by atoms with van der Waals surface area (Å²) in [5.74, 6) is 0. The summed E-state index contributed by atoms with van der Waals surface area (Å²) in [6.07, 6.45) is 1.44. The van der Waals surface area contributed by atoms with E-state index in [1.807, 2.05) is 13.0 Å². The maximum absolute atomic E-state index is 10.4. The van der Waals surface area contributed by atoms with Crippen LogP contribution in [-0.4, -0.2) is 11.7 Å². The Labute approximate surface area is 72.3 Å². The normalized spacial score (nSPS) is 14.4. The number of primary amides is 1. The molecule has 0 fully saturated rings. The Hall–Kier alpha value is -1.24. The van der Waals surface area contributed by atoms with Crippen LogP contribution < -0.4 is 5.73 Å². The third-order valence-electron chi connectivity index (χ3n) is 1.57. The van der Waals surface area contributed by atoms with Crippen LogP contribution in [0.3, 0.4) is 0 Å². The van der Waals surface area contributed by atoms with Crippen molar-refractivity contribution in [2.45, 2.75) is 38.7 Å². The molecule has 0 aliphatic rings. The van der Waals surface area contributed by atoms with Crippen molar-refractivity contribution < 1.29 is 9.53 Å². The Bertz CT molecular complexity index is 198. The van der Waals surface area contributed by atoms with Gasteiger partial charge in [-0.25, -0.2) is 4.79 Å². The van der Waals surface area contributed by atoms with E-state index in [1.165, 1.54) is 0 Å². The Balaban J connectivity index is 4.07. The predicted molar refractivity (Wildman–Crippen MR) is 44.2 cm³/mol. The SMILES string of the molecule is CCCCC(C)(C#N)OC(N)=O. The van der Waals surface area contributed by atoms with Gasteiger partial charge < -0.3 is 10.5 Å². The Morgan fingerprint density at radius 1 is 1.75 bits per heavy atom. The highest BCUT2D eigenvalue weighted by Gasteiger charge is 2.26. The molecule has 1 amide bonds. The minimum Gasteiger partial charge on any atom is -0.428 e. The van der Waals surface area contributed by atoms with Gasteiger partial charge in [-0.05, 0) is 13.3 Å². The van der Waals surface area contributed by atoms with E-state index in [2.05, 4.69) is 4.74 Å². The lowest BCUT2D eigenvalue weighted by atomic mass is 10.0. The van der Waals surface area contributed by atoms with Crippen molar-refractivity contribution in [2.75, 3.05) is 0 Å². The standard InChI is InChI=1S/C8H14N2O2/c1-3-4-5-8(2,6-9)12-7(10)11/h3-5H2,1-2H3,(H2,10,11). The van der Waals surface area contributed by atoms with Crippen molar-refractivity contribution >= 4 is 6.09 Å². The molecule has 12 heavy (non-hydrogen) atoms. The van der Waals surface area contributed by atoms with Crippen LogP contribution >= 0.6 is 0 Å². The Kier molecular flexibility index (Phi) is 4.12. The van der Waals surface area contributed by atoms with Crippen LogP contribution in [-0.2, 0) is 4.74 Å². The summed E-state index contributed by atoms with van der Waals surface area (Å²) >= 11 is 0. The molecular formula is C8H14N2O2. The molecule has 0 aromatic heterocycles. The van der Waals surface area contributed by atoms with Gasteiger partial charge in [0.2, 0.25) is 0 Å². The molecule has 0 heterocycles. The molecule has 1 atom stereocenters. The molecule has 0 radical (unpaired) electrons. The average Bonchev–Trinajstić information content (AvgIpc) is 2.00. The second-order valence-corrected chi connectivity index (χ2v) is 2.87. The zero-order valence-corrected chi connectivity index (χ0v) is 7.46. The summed E-state index contributed by atoms with van der Waals surface area (Å²) in [7, 11) is 0. The van der Waals surface area contributed by atoms with Crippen molar-refractivity contribution in [1.82, 2.24) is 0 Å². The molecule has 0 aliphatic heterocycles. The number of carbonyl (C=O) groups excluding carboxylic acids is 1. The summed E-state index contributed by atoms with van der Waals surface area (Å²) < 4.78 is 4.67. The molecule has 0 saturated carbocycles. The van der Waals surface area contributed by atoms with Crippen LogP contribution in [0.4, 0.5) is 4.79 Å². The molecule has 0 aromatic carbocycles. The lowest BCUT2D eigenvalue weighted by molar-refractivity contribution is 0.0646. The monoisotopic (exact) mass is 170 g/mol. The highest BCUT2D eigenvalue weighted by molar-refractivity contribution is 5.65. The number of hydrogen-bond acceptors (Lipinski definition) is 3. The quantitative estimate of drug-likeness (QED) is 0.695. The van der Waals surface area contributed by atoms with E-state index in [-0.39, 0.29) is 0 Å². The minimum atomic E-state index is -1.05. The first-order chi connectivity index (χ1) is 5.54. The molecule has 4 heteroatoms. The van der Waals surface area contributed by atoms with Crippen LogP contribution in [0.2, 0.25) is 0 Å². The van der Waals surface area contributed by atoms with E-state index in [9.17, 15) is 4.79 Å². The first kappa shape index (κ1) is 10.8. The van der Waals surface area contributed by atoms with Gasteiger partial charge in [0.1, 0.15) is 6.07 Å². The summed E-state index contributed by atoms with van der Waals surface area (Å²) in [6, 6.07) is 1.92. The van der Waals surface area contributed by atoms with Gasteiger partial charge >= 0.3 is 6.09 Å². The molecule has 68 valence electrons. The molecule has 1 unspecified atom stereocenters. The Morgan fingerprint density at radius 3 is 2.67 bits per heavy atom. The van der Waals surface area contributed by atoms with E-state index in [1.54, 1.807) is 6.92 Å². The van der Waals surface area contributed by atoms with Crippen molar-refractivity contribution in [3.8, 4) is 6.07 Å². The van der Waals surface area contributed by atoms with Gasteiger partial charge in [0, 0.05) is 6.42 Å². The minimum absolute atomic E-state index is 0.531. The van der Waals surface area contributed by atoms with Gasteiger partial charge in [-0.3, -0.25) is 0 Å². The van der Waals surface area contributed by atoms with Gasteiger partial charge in [0.25, 0.3) is 0 Å². The second kappa shape index (κ2) is 4.60. The number of ether oxygens (including phenoxy) is 1. The molecular weight excluding hydrogens is 156 g/mol. The van der Waals surface area contributed by atoms with Crippen molar-refractivity contribution in [3.05, 3.63) is 0 Å². The maximum Gasteiger partial charge on any atom is 0.406 e. The maximum atomic E-state index is 10.4. The fourth-order valence-corrected chi connectivity index (χ4v) is 0.866. The molecule has 0 aromatic rings. The zero-order valence-electron chi connectivity index (χ0n) is 7.46.